The summed E-state index contributed by atoms with van der Waals surface area (Å²) in [6, 6.07) is 7.95. The van der Waals surface area contributed by atoms with Crippen molar-refractivity contribution in [1.29, 1.82) is 0 Å². The number of benzene rings is 1. The Labute approximate surface area is 165 Å². The Kier molecular flexibility index (Phi) is 6.65. The first-order valence-electron chi connectivity index (χ1n) is 9.67. The molecule has 2 fully saturated rings. The molecule has 6 nitrogen and oxygen atoms in total. The molecule has 0 saturated carbocycles. The number of ether oxygens (including phenoxy) is 1. The van der Waals surface area contributed by atoms with E-state index in [0.29, 0.717) is 5.75 Å². The van der Waals surface area contributed by atoms with Crippen molar-refractivity contribution in [2.24, 2.45) is 5.92 Å². The van der Waals surface area contributed by atoms with Crippen molar-refractivity contribution in [1.82, 2.24) is 9.80 Å². The number of hydrogen-bond acceptors (Lipinski definition) is 4. The molecule has 148 valence electrons. The first-order valence-corrected chi connectivity index (χ1v) is 10.7. The van der Waals surface area contributed by atoms with E-state index in [1.807, 2.05) is 47.9 Å². The summed E-state index contributed by atoms with van der Waals surface area (Å²) < 4.78 is 5.50. The largest absolute Gasteiger partial charge is 0.496 e. The second-order valence-electron chi connectivity index (χ2n) is 7.47. The predicted octanol–water partition coefficient (Wildman–Crippen LogP) is 0.652. The Morgan fingerprint density at radius 1 is 1.30 bits per heavy atom. The first kappa shape index (κ1) is 20.0. The highest BCUT2D eigenvalue weighted by Gasteiger charge is 2.35. The normalized spacial score (nSPS) is 21.2. The van der Waals surface area contributed by atoms with E-state index in [-0.39, 0.29) is 23.1 Å². The highest BCUT2D eigenvalue weighted by atomic mass is 32.2. The second kappa shape index (κ2) is 8.97. The Morgan fingerprint density at radius 2 is 2.00 bits per heavy atom. The van der Waals surface area contributed by atoms with Crippen molar-refractivity contribution in [3.8, 4) is 5.75 Å². The molecule has 1 atom stereocenters. The number of nitrogens with zero attached hydrogens (tertiary/aromatic N) is 2. The third-order valence-electron chi connectivity index (χ3n) is 5.36. The van der Waals surface area contributed by atoms with Gasteiger partial charge in [-0.2, -0.15) is 0 Å². The van der Waals surface area contributed by atoms with Crippen LogP contribution in [-0.2, 0) is 9.59 Å². The number of hydrogen-bond donors (Lipinski definition) is 1. The summed E-state index contributed by atoms with van der Waals surface area (Å²) in [4.78, 5) is 30.0. The number of piperazine rings is 1. The number of carbonyl (C=O) groups is 2. The minimum atomic E-state index is 0.0249. The van der Waals surface area contributed by atoms with E-state index in [9.17, 15) is 9.59 Å². The Morgan fingerprint density at radius 3 is 2.67 bits per heavy atom. The fourth-order valence-corrected chi connectivity index (χ4v) is 5.00. The van der Waals surface area contributed by atoms with Crippen LogP contribution in [0.2, 0.25) is 0 Å². The zero-order chi connectivity index (χ0) is 19.4. The lowest BCUT2D eigenvalue weighted by atomic mass is 10.1. The molecule has 7 heteroatoms. The second-order valence-corrected chi connectivity index (χ2v) is 8.54. The lowest BCUT2D eigenvalue weighted by Gasteiger charge is -2.34. The maximum atomic E-state index is 12.4. The SMILES string of the molecule is COc1ccccc1[C@@H]1SCC(=O)N1CC[NH+]1CCN(C(=O)C(C)C)CC1. The molecule has 0 aliphatic carbocycles. The molecule has 2 aliphatic heterocycles. The summed E-state index contributed by atoms with van der Waals surface area (Å²) in [5, 5.41) is 0.0249. The molecule has 0 radical (unpaired) electrons. The van der Waals surface area contributed by atoms with Crippen molar-refractivity contribution in [3.05, 3.63) is 29.8 Å². The van der Waals surface area contributed by atoms with Gasteiger partial charge in [0.15, 0.2) is 0 Å². The Bertz CT molecular complexity index is 674. The lowest BCUT2D eigenvalue weighted by Crippen LogP contribution is -3.15. The van der Waals surface area contributed by atoms with E-state index in [2.05, 4.69) is 0 Å². The van der Waals surface area contributed by atoms with Crippen molar-refractivity contribution >= 4 is 23.6 Å². The summed E-state index contributed by atoms with van der Waals surface area (Å²) >= 11 is 1.67. The molecule has 0 bridgehead atoms. The number of nitrogens with one attached hydrogen (secondary N) is 1. The molecule has 1 aromatic carbocycles. The number of thioether (sulfide) groups is 1. The minimum absolute atomic E-state index is 0.0249. The molecule has 0 aromatic heterocycles. The van der Waals surface area contributed by atoms with Crippen LogP contribution in [0.15, 0.2) is 24.3 Å². The van der Waals surface area contributed by atoms with E-state index in [0.717, 1.165) is 50.6 Å². The van der Waals surface area contributed by atoms with Crippen molar-refractivity contribution < 1.29 is 19.2 Å². The van der Waals surface area contributed by atoms with Crippen LogP contribution in [0.5, 0.6) is 5.75 Å². The quantitative estimate of drug-likeness (QED) is 0.773. The summed E-state index contributed by atoms with van der Waals surface area (Å²) in [5.41, 5.74) is 1.07. The molecule has 2 amide bonds. The third kappa shape index (κ3) is 4.58. The van der Waals surface area contributed by atoms with Crippen LogP contribution in [0.25, 0.3) is 0 Å². The van der Waals surface area contributed by atoms with Gasteiger partial charge in [-0.15, -0.1) is 11.8 Å². The van der Waals surface area contributed by atoms with E-state index in [1.54, 1.807) is 18.9 Å². The molecule has 0 spiro atoms. The zero-order valence-electron chi connectivity index (χ0n) is 16.4. The molecule has 1 N–H and O–H groups in total. The van der Waals surface area contributed by atoms with Gasteiger partial charge in [-0.1, -0.05) is 32.0 Å². The number of carbonyl (C=O) groups excluding carboxylic acids is 2. The van der Waals surface area contributed by atoms with E-state index >= 15 is 0 Å². The van der Waals surface area contributed by atoms with Crippen LogP contribution in [0, 0.1) is 5.92 Å². The van der Waals surface area contributed by atoms with Gasteiger partial charge in [0.2, 0.25) is 11.8 Å². The molecule has 2 aliphatic rings. The van der Waals surface area contributed by atoms with Crippen molar-refractivity contribution in [2.75, 3.05) is 52.1 Å². The molecule has 2 saturated heterocycles. The summed E-state index contributed by atoms with van der Waals surface area (Å²) in [5.74, 6) is 1.87. The van der Waals surface area contributed by atoms with Gasteiger partial charge in [0.25, 0.3) is 0 Å². The predicted molar refractivity (Wildman–Crippen MR) is 107 cm³/mol. The van der Waals surface area contributed by atoms with E-state index in [1.165, 1.54) is 4.90 Å². The molecule has 27 heavy (non-hydrogen) atoms. The fourth-order valence-electron chi connectivity index (χ4n) is 3.76. The molecule has 0 unspecified atom stereocenters. The van der Waals surface area contributed by atoms with Crippen LogP contribution >= 0.6 is 11.8 Å². The zero-order valence-corrected chi connectivity index (χ0v) is 17.3. The molecular formula is C20H30N3O3S+. The topological polar surface area (TPSA) is 54.3 Å². The van der Waals surface area contributed by atoms with E-state index < -0.39 is 0 Å². The van der Waals surface area contributed by atoms with Gasteiger partial charge in [0.05, 0.1) is 52.1 Å². The third-order valence-corrected chi connectivity index (χ3v) is 6.59. The van der Waals surface area contributed by atoms with Gasteiger partial charge in [-0.05, 0) is 6.07 Å². The number of quaternary nitrogens is 1. The van der Waals surface area contributed by atoms with Crippen LogP contribution in [0.3, 0.4) is 0 Å². The van der Waals surface area contributed by atoms with Gasteiger partial charge < -0.3 is 19.4 Å². The Balaban J connectivity index is 1.57. The van der Waals surface area contributed by atoms with Crippen LogP contribution in [0.1, 0.15) is 24.8 Å². The molecule has 1 aromatic rings. The standard InChI is InChI=1S/C20H29N3O3S/c1-15(2)19(25)22-11-8-21(9-12-22)10-13-23-18(24)14-27-20(23)16-6-4-5-7-17(16)26-3/h4-7,15,20H,8-14H2,1-3H3/p+1/t20-/m0/s1. The first-order chi connectivity index (χ1) is 13.0. The maximum Gasteiger partial charge on any atom is 0.234 e. The van der Waals surface area contributed by atoms with E-state index in [4.69, 9.17) is 4.74 Å². The van der Waals surface area contributed by atoms with Crippen LogP contribution < -0.4 is 9.64 Å². The van der Waals surface area contributed by atoms with Gasteiger partial charge in [-0.3, -0.25) is 9.59 Å². The Hall–Kier alpha value is -1.73. The minimum Gasteiger partial charge on any atom is -0.496 e. The van der Waals surface area contributed by atoms with Gasteiger partial charge in [0.1, 0.15) is 11.1 Å². The highest BCUT2D eigenvalue weighted by Crippen LogP contribution is 2.41. The average Bonchev–Trinajstić information content (AvgIpc) is 3.06. The maximum absolute atomic E-state index is 12.4. The summed E-state index contributed by atoms with van der Waals surface area (Å²) in [7, 11) is 1.67. The molecule has 3 rings (SSSR count). The smallest absolute Gasteiger partial charge is 0.234 e. The number of rotatable bonds is 6. The number of para-hydroxylation sites is 1. The van der Waals surface area contributed by atoms with Gasteiger partial charge in [0, 0.05) is 11.5 Å². The highest BCUT2D eigenvalue weighted by molar-refractivity contribution is 8.00. The molecule has 2 heterocycles. The van der Waals surface area contributed by atoms with Crippen molar-refractivity contribution in [3.63, 3.8) is 0 Å². The lowest BCUT2D eigenvalue weighted by molar-refractivity contribution is -0.903. The van der Waals surface area contributed by atoms with Gasteiger partial charge in [-0.25, -0.2) is 0 Å². The fraction of sp³-hybridized carbons (Fsp3) is 0.600. The van der Waals surface area contributed by atoms with Crippen LogP contribution in [-0.4, -0.2) is 73.7 Å². The summed E-state index contributed by atoms with van der Waals surface area (Å²) in [6.07, 6.45) is 0. The molecular weight excluding hydrogens is 362 g/mol. The summed E-state index contributed by atoms with van der Waals surface area (Å²) in [6.45, 7) is 9.09. The van der Waals surface area contributed by atoms with Crippen molar-refractivity contribution in [2.45, 2.75) is 19.2 Å². The number of amides is 2. The van der Waals surface area contributed by atoms with Crippen LogP contribution in [0.4, 0.5) is 0 Å². The monoisotopic (exact) mass is 392 g/mol. The van der Waals surface area contributed by atoms with Gasteiger partial charge >= 0.3 is 0 Å². The average molecular weight is 393 g/mol. The number of methoxy groups -OCH3 is 1.